The number of para-hydroxylation sites is 1. The van der Waals surface area contributed by atoms with E-state index in [2.05, 4.69) is 10.3 Å². The number of hydrogen-bond donors (Lipinski definition) is 1. The van der Waals surface area contributed by atoms with E-state index in [0.717, 1.165) is 27.4 Å². The summed E-state index contributed by atoms with van der Waals surface area (Å²) < 4.78 is 39.5. The number of alkyl halides is 3. The number of aryl methyl sites for hydroxylation is 1. The zero-order valence-electron chi connectivity index (χ0n) is 14.4. The van der Waals surface area contributed by atoms with Gasteiger partial charge in [0, 0.05) is 16.1 Å². The van der Waals surface area contributed by atoms with Crippen LogP contribution in [0.4, 0.5) is 18.9 Å². The summed E-state index contributed by atoms with van der Waals surface area (Å²) in [4.78, 5) is 16.6. The number of carbonyl (C=O) groups excluding carboxylic acids is 1. The smallest absolute Gasteiger partial charge is 0.321 e. The Morgan fingerprint density at radius 3 is 2.59 bits per heavy atom. The summed E-state index contributed by atoms with van der Waals surface area (Å²) in [5.74, 6) is -0.818. The maximum atomic E-state index is 13.2. The highest BCUT2D eigenvalue weighted by Crippen LogP contribution is 2.36. The van der Waals surface area contributed by atoms with Gasteiger partial charge >= 0.3 is 6.18 Å². The van der Waals surface area contributed by atoms with E-state index in [-0.39, 0.29) is 5.01 Å². The van der Waals surface area contributed by atoms with E-state index >= 15 is 0 Å². The Labute approximate surface area is 162 Å². The second kappa shape index (κ2) is 7.74. The largest absolute Gasteiger partial charge is 0.435 e. The van der Waals surface area contributed by atoms with Crippen molar-refractivity contribution in [1.82, 2.24) is 4.98 Å². The van der Waals surface area contributed by atoms with Crippen molar-refractivity contribution in [2.45, 2.75) is 18.0 Å². The van der Waals surface area contributed by atoms with Crippen LogP contribution in [0.2, 0.25) is 0 Å². The van der Waals surface area contributed by atoms with Crippen molar-refractivity contribution in [3.8, 4) is 11.1 Å². The summed E-state index contributed by atoms with van der Waals surface area (Å²) in [6.07, 6.45) is -2.72. The summed E-state index contributed by atoms with van der Waals surface area (Å²) in [6, 6.07) is 14.7. The van der Waals surface area contributed by atoms with E-state index < -0.39 is 22.7 Å². The number of halogens is 3. The number of rotatable bonds is 4. The van der Waals surface area contributed by atoms with E-state index in [4.69, 9.17) is 0 Å². The van der Waals surface area contributed by atoms with Gasteiger partial charge < -0.3 is 5.32 Å². The average molecular weight is 408 g/mol. The Hall–Kier alpha value is -2.32. The van der Waals surface area contributed by atoms with Crippen molar-refractivity contribution in [3.05, 3.63) is 64.1 Å². The van der Waals surface area contributed by atoms with Crippen molar-refractivity contribution < 1.29 is 18.0 Å². The molecule has 27 heavy (non-hydrogen) atoms. The molecule has 0 aliphatic rings. The fraction of sp³-hybridized carbons (Fsp3) is 0.158. The van der Waals surface area contributed by atoms with Gasteiger partial charge in [0.05, 0.1) is 5.01 Å². The monoisotopic (exact) mass is 408 g/mol. The molecule has 8 heteroatoms. The fourth-order valence-electron chi connectivity index (χ4n) is 2.59. The summed E-state index contributed by atoms with van der Waals surface area (Å²) >= 11 is 2.31. The molecule has 1 heterocycles. The maximum Gasteiger partial charge on any atom is 0.435 e. The second-order valence-electron chi connectivity index (χ2n) is 5.64. The third-order valence-electron chi connectivity index (χ3n) is 3.76. The molecule has 0 spiro atoms. The van der Waals surface area contributed by atoms with Gasteiger partial charge in [0.1, 0.15) is 4.88 Å². The summed E-state index contributed by atoms with van der Waals surface area (Å²) in [5, 5.41) is 2.80. The van der Waals surface area contributed by atoms with Crippen LogP contribution in [0.25, 0.3) is 11.1 Å². The van der Waals surface area contributed by atoms with Crippen LogP contribution in [0.3, 0.4) is 0 Å². The molecule has 1 N–H and O–H groups in total. The van der Waals surface area contributed by atoms with Crippen molar-refractivity contribution >= 4 is 34.7 Å². The Balaban J connectivity index is 1.97. The van der Waals surface area contributed by atoms with Crippen LogP contribution in [-0.2, 0) is 6.18 Å². The van der Waals surface area contributed by atoms with Gasteiger partial charge in [-0.05, 0) is 36.9 Å². The van der Waals surface area contributed by atoms with Gasteiger partial charge in [-0.25, -0.2) is 4.98 Å². The molecule has 3 aromatic rings. The van der Waals surface area contributed by atoms with E-state index in [1.807, 2.05) is 42.7 Å². The molecule has 0 aliphatic heterocycles. The predicted octanol–water partition coefficient (Wildman–Crippen LogP) is 6.11. The lowest BCUT2D eigenvalue weighted by Gasteiger charge is -2.12. The topological polar surface area (TPSA) is 42.0 Å². The molecule has 0 fully saturated rings. The van der Waals surface area contributed by atoms with Gasteiger partial charge in [0.2, 0.25) is 0 Å². The van der Waals surface area contributed by atoms with E-state index in [1.54, 1.807) is 23.9 Å². The predicted molar refractivity (Wildman–Crippen MR) is 103 cm³/mol. The Morgan fingerprint density at radius 1 is 1.15 bits per heavy atom. The van der Waals surface area contributed by atoms with Crippen LogP contribution in [0, 0.1) is 6.92 Å². The Morgan fingerprint density at radius 2 is 1.89 bits per heavy atom. The van der Waals surface area contributed by atoms with Crippen molar-refractivity contribution in [1.29, 1.82) is 0 Å². The van der Waals surface area contributed by atoms with Gasteiger partial charge in [-0.2, -0.15) is 13.2 Å². The van der Waals surface area contributed by atoms with Crippen molar-refractivity contribution in [3.63, 3.8) is 0 Å². The molecular weight excluding hydrogens is 393 g/mol. The van der Waals surface area contributed by atoms with Gasteiger partial charge in [-0.1, -0.05) is 30.3 Å². The number of aromatic nitrogens is 1. The average Bonchev–Trinajstić information content (AvgIpc) is 3.05. The van der Waals surface area contributed by atoms with Crippen LogP contribution in [0.15, 0.2) is 53.4 Å². The quantitative estimate of drug-likeness (QED) is 0.530. The van der Waals surface area contributed by atoms with Crippen LogP contribution in [0.5, 0.6) is 0 Å². The first-order valence-corrected chi connectivity index (χ1v) is 9.93. The Bertz CT molecular complexity index is 983. The summed E-state index contributed by atoms with van der Waals surface area (Å²) in [7, 11) is 0. The fourth-order valence-corrected chi connectivity index (χ4v) is 3.88. The number of thiazole rings is 1. The van der Waals surface area contributed by atoms with Gasteiger partial charge in [-0.15, -0.1) is 23.1 Å². The number of carbonyl (C=O) groups is 1. The number of anilines is 1. The minimum Gasteiger partial charge on any atom is -0.321 e. The lowest BCUT2D eigenvalue weighted by molar-refractivity contribution is -0.141. The first-order chi connectivity index (χ1) is 12.8. The number of thioether (sulfide) groups is 1. The molecule has 2 aromatic carbocycles. The molecule has 140 valence electrons. The van der Waals surface area contributed by atoms with E-state index in [1.165, 1.54) is 6.92 Å². The highest BCUT2D eigenvalue weighted by atomic mass is 32.2. The number of benzene rings is 2. The first kappa shape index (κ1) is 19.4. The molecule has 0 aliphatic carbocycles. The van der Waals surface area contributed by atoms with Crippen LogP contribution >= 0.6 is 23.1 Å². The molecule has 3 rings (SSSR count). The van der Waals surface area contributed by atoms with Crippen LogP contribution in [-0.4, -0.2) is 17.1 Å². The summed E-state index contributed by atoms with van der Waals surface area (Å²) in [6.45, 7) is 1.44. The lowest BCUT2D eigenvalue weighted by Crippen LogP contribution is -2.17. The van der Waals surface area contributed by atoms with Gasteiger partial charge in [0.25, 0.3) is 5.91 Å². The molecule has 0 saturated carbocycles. The standard InChI is InChI=1S/C19H15F3N2OS2/c1-11-23-17(19(20,21)22)16(27-11)18(25)24-15-9-4-3-8-14(15)12-6-5-7-13(10-12)26-2/h3-10H,1-2H3,(H,24,25). The molecule has 0 saturated heterocycles. The highest BCUT2D eigenvalue weighted by molar-refractivity contribution is 7.98. The Kier molecular flexibility index (Phi) is 5.57. The van der Waals surface area contributed by atoms with Crippen molar-refractivity contribution in [2.24, 2.45) is 0 Å². The number of nitrogens with one attached hydrogen (secondary N) is 1. The molecule has 0 unspecified atom stereocenters. The lowest BCUT2D eigenvalue weighted by atomic mass is 10.0. The third kappa shape index (κ3) is 4.33. The summed E-state index contributed by atoms with van der Waals surface area (Å²) in [5.41, 5.74) is 0.898. The minimum atomic E-state index is -4.68. The van der Waals surface area contributed by atoms with E-state index in [0.29, 0.717) is 5.69 Å². The zero-order valence-corrected chi connectivity index (χ0v) is 16.1. The molecule has 0 bridgehead atoms. The van der Waals surface area contributed by atoms with E-state index in [9.17, 15) is 18.0 Å². The molecular formula is C19H15F3N2OS2. The molecule has 1 aromatic heterocycles. The van der Waals surface area contributed by atoms with Crippen LogP contribution < -0.4 is 5.32 Å². The molecule has 3 nitrogen and oxygen atoms in total. The molecule has 0 atom stereocenters. The maximum absolute atomic E-state index is 13.2. The number of hydrogen-bond acceptors (Lipinski definition) is 4. The van der Waals surface area contributed by atoms with Crippen molar-refractivity contribution in [2.75, 3.05) is 11.6 Å². The number of amides is 1. The SMILES string of the molecule is CSc1cccc(-c2ccccc2NC(=O)c2sc(C)nc2C(F)(F)F)c1. The number of nitrogens with zero attached hydrogens (tertiary/aromatic N) is 1. The normalized spacial score (nSPS) is 11.4. The second-order valence-corrected chi connectivity index (χ2v) is 7.72. The molecule has 0 radical (unpaired) electrons. The minimum absolute atomic E-state index is 0.188. The first-order valence-electron chi connectivity index (χ1n) is 7.89. The van der Waals surface area contributed by atoms with Gasteiger partial charge in [0.15, 0.2) is 5.69 Å². The molecule has 1 amide bonds. The van der Waals surface area contributed by atoms with Crippen LogP contribution in [0.1, 0.15) is 20.4 Å². The highest BCUT2D eigenvalue weighted by Gasteiger charge is 2.39. The zero-order chi connectivity index (χ0) is 19.6. The third-order valence-corrected chi connectivity index (χ3v) is 5.46. The van der Waals surface area contributed by atoms with Gasteiger partial charge in [-0.3, -0.25) is 4.79 Å².